The van der Waals surface area contributed by atoms with E-state index in [1.165, 1.54) is 6.92 Å². The number of pyridine rings is 1. The lowest BCUT2D eigenvalue weighted by Crippen LogP contribution is -2.17. The van der Waals surface area contributed by atoms with Crippen LogP contribution in [0.3, 0.4) is 0 Å². The van der Waals surface area contributed by atoms with E-state index >= 15 is 0 Å². The average Bonchev–Trinajstić information content (AvgIpc) is 2.35. The van der Waals surface area contributed by atoms with Gasteiger partial charge in [-0.3, -0.25) is 0 Å². The average molecular weight is 294 g/mol. The van der Waals surface area contributed by atoms with Crippen molar-refractivity contribution in [2.45, 2.75) is 19.5 Å². The summed E-state index contributed by atoms with van der Waals surface area (Å²) >= 11 is 0. The van der Waals surface area contributed by atoms with Crippen LogP contribution < -0.4 is 0 Å². The largest absolute Gasteiger partial charge is 0.461 e. The summed E-state index contributed by atoms with van der Waals surface area (Å²) in [6.45, 7) is 1.26. The lowest BCUT2D eigenvalue weighted by atomic mass is 10.0. The van der Waals surface area contributed by atoms with Crippen molar-refractivity contribution in [1.82, 2.24) is 4.98 Å². The zero-order chi connectivity index (χ0) is 15.5. The molecule has 4 nitrogen and oxygen atoms in total. The molecule has 0 aliphatic heterocycles. The molecule has 0 aromatic carbocycles. The van der Waals surface area contributed by atoms with Crippen LogP contribution >= 0.6 is 0 Å². The van der Waals surface area contributed by atoms with Gasteiger partial charge in [-0.05, 0) is 6.92 Å². The van der Waals surface area contributed by atoms with Crippen molar-refractivity contribution < 1.29 is 31.5 Å². The number of carbonyl (C=O) groups excluding carboxylic acids is 1. The maximum absolute atomic E-state index is 12.8. The molecule has 0 saturated heterocycles. The topological polar surface area (TPSA) is 63.0 Å². The van der Waals surface area contributed by atoms with Gasteiger partial charge in [0.25, 0.3) is 6.43 Å². The fourth-order valence-corrected chi connectivity index (χ4v) is 1.45. The predicted molar refractivity (Wildman–Crippen MR) is 54.9 cm³/mol. The van der Waals surface area contributed by atoms with Gasteiger partial charge in [0.15, 0.2) is 5.69 Å². The molecule has 0 aliphatic carbocycles. The molecule has 0 amide bonds. The SMILES string of the molecule is CCOC(=O)c1ncc(C(F)(F)F)c(C(F)F)c1C#N. The maximum Gasteiger partial charge on any atom is 0.418 e. The van der Waals surface area contributed by atoms with Gasteiger partial charge < -0.3 is 4.74 Å². The summed E-state index contributed by atoms with van der Waals surface area (Å²) < 4.78 is 67.9. The molecular weight excluding hydrogens is 287 g/mol. The Kier molecular flexibility index (Phi) is 4.60. The molecule has 9 heteroatoms. The highest BCUT2D eigenvalue weighted by atomic mass is 19.4. The number of esters is 1. The Morgan fingerprint density at radius 2 is 2.10 bits per heavy atom. The smallest absolute Gasteiger partial charge is 0.418 e. The van der Waals surface area contributed by atoms with E-state index in [9.17, 15) is 26.7 Å². The number of alkyl halides is 5. The number of nitrogens with zero attached hydrogens (tertiary/aromatic N) is 2. The summed E-state index contributed by atoms with van der Waals surface area (Å²) in [6.07, 6.45) is -8.61. The molecule has 1 aromatic heterocycles. The van der Waals surface area contributed by atoms with Gasteiger partial charge in [-0.15, -0.1) is 0 Å². The van der Waals surface area contributed by atoms with E-state index in [-0.39, 0.29) is 12.8 Å². The third kappa shape index (κ3) is 3.01. The van der Waals surface area contributed by atoms with Gasteiger partial charge in [0.05, 0.1) is 23.3 Å². The van der Waals surface area contributed by atoms with E-state index in [0.29, 0.717) is 0 Å². The number of rotatable bonds is 3. The quantitative estimate of drug-likeness (QED) is 0.635. The van der Waals surface area contributed by atoms with Crippen LogP contribution in [0.25, 0.3) is 0 Å². The van der Waals surface area contributed by atoms with E-state index in [2.05, 4.69) is 9.72 Å². The van der Waals surface area contributed by atoms with E-state index in [1.54, 1.807) is 0 Å². The van der Waals surface area contributed by atoms with Gasteiger partial charge in [-0.25, -0.2) is 18.6 Å². The minimum absolute atomic E-state index is 0.0919. The molecule has 20 heavy (non-hydrogen) atoms. The van der Waals surface area contributed by atoms with Crippen LogP contribution in [0.4, 0.5) is 22.0 Å². The van der Waals surface area contributed by atoms with Crippen molar-refractivity contribution in [3.8, 4) is 6.07 Å². The Morgan fingerprint density at radius 3 is 2.50 bits per heavy atom. The standard InChI is InChI=1S/C11H7F5N2O2/c1-2-20-10(19)8-5(3-17)7(9(12)13)6(4-18-8)11(14,15)16/h4,9H,2H2,1H3. The van der Waals surface area contributed by atoms with Gasteiger partial charge in [0.1, 0.15) is 6.07 Å². The van der Waals surface area contributed by atoms with Crippen molar-refractivity contribution in [2.24, 2.45) is 0 Å². The fourth-order valence-electron chi connectivity index (χ4n) is 1.45. The first kappa shape index (κ1) is 15.8. The van der Waals surface area contributed by atoms with Crippen molar-refractivity contribution >= 4 is 5.97 Å². The normalized spacial score (nSPS) is 11.3. The third-order valence-electron chi connectivity index (χ3n) is 2.22. The lowest BCUT2D eigenvalue weighted by molar-refractivity contribution is -0.139. The first-order valence-electron chi connectivity index (χ1n) is 5.19. The minimum Gasteiger partial charge on any atom is -0.461 e. The summed E-state index contributed by atoms with van der Waals surface area (Å²) in [5.74, 6) is -1.24. The number of nitriles is 1. The summed E-state index contributed by atoms with van der Waals surface area (Å²) in [6, 6.07) is 1.15. The first-order valence-corrected chi connectivity index (χ1v) is 5.19. The molecule has 1 aromatic rings. The van der Waals surface area contributed by atoms with Crippen LogP contribution in [0.2, 0.25) is 0 Å². The molecule has 108 valence electrons. The summed E-state index contributed by atoms with van der Waals surface area (Å²) in [7, 11) is 0. The number of aromatic nitrogens is 1. The third-order valence-corrected chi connectivity index (χ3v) is 2.22. The molecule has 0 fully saturated rings. The molecule has 0 N–H and O–H groups in total. The highest BCUT2D eigenvalue weighted by Gasteiger charge is 2.39. The Bertz CT molecular complexity index is 563. The molecule has 0 spiro atoms. The molecule has 0 saturated carbocycles. The number of halogens is 5. The van der Waals surface area contributed by atoms with Crippen LogP contribution in [0.5, 0.6) is 0 Å². The fraction of sp³-hybridized carbons (Fsp3) is 0.364. The Morgan fingerprint density at radius 1 is 1.50 bits per heavy atom. The first-order chi connectivity index (χ1) is 9.23. The minimum atomic E-state index is -5.11. The Balaban J connectivity index is 3.60. The molecule has 0 unspecified atom stereocenters. The van der Waals surface area contributed by atoms with E-state index < -0.39 is 41.0 Å². The predicted octanol–water partition coefficient (Wildman–Crippen LogP) is 3.09. The lowest BCUT2D eigenvalue weighted by Gasteiger charge is -2.14. The highest BCUT2D eigenvalue weighted by molar-refractivity contribution is 5.90. The van der Waals surface area contributed by atoms with Gasteiger partial charge in [0, 0.05) is 6.20 Å². The summed E-state index contributed by atoms with van der Waals surface area (Å²) in [4.78, 5) is 14.5. The molecule has 1 heterocycles. The molecule has 0 atom stereocenters. The second kappa shape index (κ2) is 5.81. The van der Waals surface area contributed by atoms with Gasteiger partial charge in [-0.2, -0.15) is 18.4 Å². The van der Waals surface area contributed by atoms with Gasteiger partial charge in [-0.1, -0.05) is 0 Å². The van der Waals surface area contributed by atoms with E-state index in [0.717, 1.165) is 6.07 Å². The highest BCUT2D eigenvalue weighted by Crippen LogP contribution is 2.38. The molecule has 0 aliphatic rings. The van der Waals surface area contributed by atoms with E-state index in [1.807, 2.05) is 0 Å². The Labute approximate surface area is 109 Å². The zero-order valence-corrected chi connectivity index (χ0v) is 9.96. The second-order valence-corrected chi connectivity index (χ2v) is 3.44. The van der Waals surface area contributed by atoms with Crippen LogP contribution in [-0.2, 0) is 10.9 Å². The maximum atomic E-state index is 12.8. The second-order valence-electron chi connectivity index (χ2n) is 3.44. The zero-order valence-electron chi connectivity index (χ0n) is 9.96. The summed E-state index contributed by atoms with van der Waals surface area (Å²) in [5.41, 5.74) is -5.32. The Hall–Kier alpha value is -2.24. The van der Waals surface area contributed by atoms with Crippen LogP contribution in [0.15, 0.2) is 6.20 Å². The molecular formula is C11H7F5N2O2. The van der Waals surface area contributed by atoms with Crippen molar-refractivity contribution in [3.63, 3.8) is 0 Å². The number of hydrogen-bond donors (Lipinski definition) is 0. The van der Waals surface area contributed by atoms with E-state index in [4.69, 9.17) is 5.26 Å². The number of hydrogen-bond acceptors (Lipinski definition) is 4. The number of ether oxygens (including phenoxy) is 1. The van der Waals surface area contributed by atoms with Crippen LogP contribution in [-0.4, -0.2) is 17.6 Å². The molecule has 1 rings (SSSR count). The van der Waals surface area contributed by atoms with Crippen molar-refractivity contribution in [2.75, 3.05) is 6.61 Å². The summed E-state index contributed by atoms with van der Waals surface area (Å²) in [5, 5.41) is 8.76. The van der Waals surface area contributed by atoms with Crippen LogP contribution in [0, 0.1) is 11.3 Å². The monoisotopic (exact) mass is 294 g/mol. The number of carbonyl (C=O) groups is 1. The van der Waals surface area contributed by atoms with Gasteiger partial charge >= 0.3 is 12.1 Å². The molecule has 0 bridgehead atoms. The van der Waals surface area contributed by atoms with Crippen LogP contribution in [0.1, 0.15) is 40.5 Å². The van der Waals surface area contributed by atoms with Crippen molar-refractivity contribution in [3.05, 3.63) is 28.6 Å². The molecule has 0 radical (unpaired) electrons. The van der Waals surface area contributed by atoms with Crippen molar-refractivity contribution in [1.29, 1.82) is 5.26 Å². The van der Waals surface area contributed by atoms with Gasteiger partial charge in [0.2, 0.25) is 0 Å².